The van der Waals surface area contributed by atoms with E-state index in [0.717, 1.165) is 49.9 Å². The van der Waals surface area contributed by atoms with Crippen LogP contribution in [0.2, 0.25) is 0 Å². The van der Waals surface area contributed by atoms with Gasteiger partial charge in [0.15, 0.2) is 5.75 Å². The van der Waals surface area contributed by atoms with Crippen molar-refractivity contribution in [3.05, 3.63) is 65.5 Å². The van der Waals surface area contributed by atoms with Crippen LogP contribution in [0.5, 0.6) is 5.75 Å². The van der Waals surface area contributed by atoms with E-state index in [4.69, 9.17) is 14.3 Å². The highest BCUT2D eigenvalue weighted by Crippen LogP contribution is 2.38. The first-order chi connectivity index (χ1) is 14.7. The van der Waals surface area contributed by atoms with E-state index >= 15 is 0 Å². The lowest BCUT2D eigenvalue weighted by Crippen LogP contribution is -2.40. The molecule has 5 heteroatoms. The van der Waals surface area contributed by atoms with Crippen molar-refractivity contribution in [2.45, 2.75) is 64.1 Å². The smallest absolute Gasteiger partial charge is 0.168 e. The second-order valence-corrected chi connectivity index (χ2v) is 7.97. The van der Waals surface area contributed by atoms with E-state index in [-0.39, 0.29) is 5.60 Å². The van der Waals surface area contributed by atoms with Crippen LogP contribution in [0.25, 0.3) is 0 Å². The molecule has 1 aliphatic carbocycles. The van der Waals surface area contributed by atoms with Crippen molar-refractivity contribution >= 4 is 5.69 Å². The zero-order valence-corrected chi connectivity index (χ0v) is 18.4. The van der Waals surface area contributed by atoms with Gasteiger partial charge in [-0.05, 0) is 43.7 Å². The number of allylic oxidation sites excluding steroid dienone is 2. The number of hydrogen-bond acceptors (Lipinski definition) is 5. The van der Waals surface area contributed by atoms with Crippen LogP contribution in [0.3, 0.4) is 0 Å². The van der Waals surface area contributed by atoms with Crippen LogP contribution in [0.4, 0.5) is 5.69 Å². The van der Waals surface area contributed by atoms with Crippen LogP contribution in [-0.4, -0.2) is 24.8 Å². The zero-order chi connectivity index (χ0) is 21.2. The van der Waals surface area contributed by atoms with Crippen LogP contribution in [0.1, 0.15) is 56.7 Å². The molecule has 0 unspecified atom stereocenters. The van der Waals surface area contributed by atoms with Gasteiger partial charge in [-0.3, -0.25) is 15.3 Å². The fourth-order valence-electron chi connectivity index (χ4n) is 4.06. The molecule has 30 heavy (non-hydrogen) atoms. The maximum absolute atomic E-state index is 6.46. The van der Waals surface area contributed by atoms with Gasteiger partial charge in [-0.2, -0.15) is 0 Å². The summed E-state index contributed by atoms with van der Waals surface area (Å²) in [6.45, 7) is 2.62. The Morgan fingerprint density at radius 3 is 2.53 bits per heavy atom. The Balaban J connectivity index is 1.78. The summed E-state index contributed by atoms with van der Waals surface area (Å²) in [5.74, 6) is 0.661. The molecule has 0 amide bonds. The predicted molar refractivity (Wildman–Crippen MR) is 121 cm³/mol. The van der Waals surface area contributed by atoms with E-state index in [0.29, 0.717) is 12.4 Å². The van der Waals surface area contributed by atoms with Gasteiger partial charge in [0.25, 0.3) is 0 Å². The number of aromatic nitrogens is 1. The molecule has 0 bridgehead atoms. The van der Waals surface area contributed by atoms with Gasteiger partial charge in [-0.1, -0.05) is 55.3 Å². The van der Waals surface area contributed by atoms with Crippen molar-refractivity contribution in [2.75, 3.05) is 19.7 Å². The van der Waals surface area contributed by atoms with Crippen LogP contribution < -0.4 is 10.2 Å². The molecular formula is C25H34N2O3. The summed E-state index contributed by atoms with van der Waals surface area (Å²) in [6.07, 6.45) is 11.5. The van der Waals surface area contributed by atoms with Gasteiger partial charge < -0.3 is 9.47 Å². The molecule has 2 aromatic rings. The van der Waals surface area contributed by atoms with Gasteiger partial charge in [0.2, 0.25) is 0 Å². The van der Waals surface area contributed by atoms with E-state index < -0.39 is 0 Å². The largest absolute Gasteiger partial charge is 0.492 e. The van der Waals surface area contributed by atoms with E-state index in [1.165, 1.54) is 12.0 Å². The number of nitrogens with zero attached hydrogens (tertiary/aromatic N) is 1. The summed E-state index contributed by atoms with van der Waals surface area (Å²) in [7, 11) is 3.30. The first-order valence-corrected chi connectivity index (χ1v) is 10.9. The molecule has 5 nitrogen and oxygen atoms in total. The molecule has 1 saturated carbocycles. The zero-order valence-electron chi connectivity index (χ0n) is 18.4. The molecule has 0 radical (unpaired) electrons. The molecule has 1 fully saturated rings. The second kappa shape index (κ2) is 11.1. The molecule has 1 N–H and O–H groups in total. The lowest BCUT2D eigenvalue weighted by Gasteiger charge is -2.38. The Bertz CT molecular complexity index is 810. The third-order valence-corrected chi connectivity index (χ3v) is 5.74. The van der Waals surface area contributed by atoms with Crippen molar-refractivity contribution in [3.63, 3.8) is 0 Å². The summed E-state index contributed by atoms with van der Waals surface area (Å²) in [4.78, 5) is 10.8. The molecular weight excluding hydrogens is 376 g/mol. The van der Waals surface area contributed by atoms with Crippen LogP contribution in [0, 0.1) is 0 Å². The summed E-state index contributed by atoms with van der Waals surface area (Å²) in [5, 5.41) is 0. The second-order valence-electron chi connectivity index (χ2n) is 7.97. The highest BCUT2D eigenvalue weighted by atomic mass is 16.7. The van der Waals surface area contributed by atoms with E-state index in [1.54, 1.807) is 26.0 Å². The maximum atomic E-state index is 6.46. The number of unbranched alkanes of at least 4 members (excludes halogenated alkanes) is 1. The Hall–Kier alpha value is -2.37. The Labute approximate surface area is 180 Å². The molecule has 1 heterocycles. The quantitative estimate of drug-likeness (QED) is 0.393. The number of rotatable bonds is 10. The molecule has 162 valence electrons. The van der Waals surface area contributed by atoms with Gasteiger partial charge in [0, 0.05) is 19.7 Å². The first kappa shape index (κ1) is 22.3. The Morgan fingerprint density at radius 1 is 1.10 bits per heavy atom. The van der Waals surface area contributed by atoms with E-state index in [1.807, 2.05) is 6.07 Å². The summed E-state index contributed by atoms with van der Waals surface area (Å²) in [5.41, 5.74) is 7.33. The maximum Gasteiger partial charge on any atom is 0.168 e. The summed E-state index contributed by atoms with van der Waals surface area (Å²) in [6, 6.07) is 12.5. The van der Waals surface area contributed by atoms with Crippen LogP contribution >= 0.6 is 0 Å². The number of hydrogen-bond donors (Lipinski definition) is 1. The minimum Gasteiger partial charge on any atom is -0.492 e. The van der Waals surface area contributed by atoms with Gasteiger partial charge in [-0.15, -0.1) is 0 Å². The monoisotopic (exact) mass is 410 g/mol. The molecule has 0 aliphatic heterocycles. The fraction of sp³-hybridized carbons (Fsp3) is 0.480. The Kier molecular flexibility index (Phi) is 8.29. The molecule has 0 spiro atoms. The lowest BCUT2D eigenvalue weighted by molar-refractivity contribution is -0.0328. The SMILES string of the molecule is CCCC=C1CCC(Cc2ccccc2)(ONc2ccnc(COC)c2OC)CC1. The third-order valence-electron chi connectivity index (χ3n) is 5.74. The molecule has 1 aliphatic rings. The van der Waals surface area contributed by atoms with Crippen molar-refractivity contribution in [1.29, 1.82) is 0 Å². The van der Waals surface area contributed by atoms with E-state index in [9.17, 15) is 0 Å². The summed E-state index contributed by atoms with van der Waals surface area (Å²) < 4.78 is 10.8. The van der Waals surface area contributed by atoms with Crippen molar-refractivity contribution < 1.29 is 14.3 Å². The van der Waals surface area contributed by atoms with Crippen molar-refractivity contribution in [3.8, 4) is 5.75 Å². The average Bonchev–Trinajstić information content (AvgIpc) is 2.78. The van der Waals surface area contributed by atoms with Gasteiger partial charge in [-0.25, -0.2) is 0 Å². The summed E-state index contributed by atoms with van der Waals surface area (Å²) >= 11 is 0. The predicted octanol–water partition coefficient (Wildman–Crippen LogP) is 5.86. The molecule has 0 saturated heterocycles. The van der Waals surface area contributed by atoms with Crippen LogP contribution in [-0.2, 0) is 22.6 Å². The molecule has 3 rings (SSSR count). The third kappa shape index (κ3) is 5.83. The topological polar surface area (TPSA) is 52.6 Å². The minimum absolute atomic E-state index is 0.263. The van der Waals surface area contributed by atoms with Crippen molar-refractivity contribution in [1.82, 2.24) is 4.98 Å². The van der Waals surface area contributed by atoms with E-state index in [2.05, 4.69) is 53.8 Å². The van der Waals surface area contributed by atoms with Gasteiger partial charge in [0.1, 0.15) is 17.0 Å². The highest BCUT2D eigenvalue weighted by molar-refractivity contribution is 5.56. The highest BCUT2D eigenvalue weighted by Gasteiger charge is 2.36. The van der Waals surface area contributed by atoms with Gasteiger partial charge >= 0.3 is 0 Å². The number of pyridine rings is 1. The number of ether oxygens (including phenoxy) is 2. The number of nitrogens with one attached hydrogen (secondary N) is 1. The number of methoxy groups -OCH3 is 2. The molecule has 0 atom stereocenters. The normalized spacial score (nSPS) is 18.8. The average molecular weight is 411 g/mol. The fourth-order valence-corrected chi connectivity index (χ4v) is 4.06. The number of anilines is 1. The molecule has 1 aromatic heterocycles. The minimum atomic E-state index is -0.263. The standard InChI is InChI=1S/C25H34N2O3/c1-4-5-9-20-12-15-25(16-13-20,18-21-10-7-6-8-11-21)30-27-22-14-17-26-23(19-28-2)24(22)29-3/h6-11,14,17H,4-5,12-13,15-16,18-19H2,1-3H3,(H,26,27). The lowest BCUT2D eigenvalue weighted by atomic mass is 9.78. The van der Waals surface area contributed by atoms with Crippen molar-refractivity contribution in [2.24, 2.45) is 0 Å². The Morgan fingerprint density at radius 2 is 1.87 bits per heavy atom. The van der Waals surface area contributed by atoms with Crippen LogP contribution in [0.15, 0.2) is 54.2 Å². The van der Waals surface area contributed by atoms with Gasteiger partial charge in [0.05, 0.1) is 13.7 Å². The molecule has 1 aromatic carbocycles. The number of benzene rings is 1. The first-order valence-electron chi connectivity index (χ1n) is 10.9.